The maximum absolute atomic E-state index is 12.7. The highest BCUT2D eigenvalue weighted by Gasteiger charge is 2.30. The Bertz CT molecular complexity index is 796. The molecule has 2 aliphatic rings. The van der Waals surface area contributed by atoms with Crippen molar-refractivity contribution in [1.29, 1.82) is 0 Å². The standard InChI is InChI=1S/C21H29N5OS/c1-3-26-20(18-9-10-18)22-23-21(26)28-15-19(27)25-13-11-24(12-14-25)16(2)17-7-5-4-6-8-17/h4-8,16,18H,3,9-15H2,1-2H3. The van der Waals surface area contributed by atoms with Gasteiger partial charge in [-0.25, -0.2) is 0 Å². The number of thioether (sulfide) groups is 1. The van der Waals surface area contributed by atoms with Gasteiger partial charge in [-0.1, -0.05) is 42.1 Å². The zero-order chi connectivity index (χ0) is 19.5. The van der Waals surface area contributed by atoms with E-state index in [1.165, 1.54) is 30.2 Å². The quantitative estimate of drug-likeness (QED) is 0.670. The molecule has 1 saturated carbocycles. The van der Waals surface area contributed by atoms with Gasteiger partial charge in [-0.2, -0.15) is 0 Å². The molecule has 1 aliphatic heterocycles. The summed E-state index contributed by atoms with van der Waals surface area (Å²) in [4.78, 5) is 17.2. The van der Waals surface area contributed by atoms with E-state index in [2.05, 4.69) is 63.8 Å². The number of hydrogen-bond acceptors (Lipinski definition) is 5. The lowest BCUT2D eigenvalue weighted by molar-refractivity contribution is -0.130. The van der Waals surface area contributed by atoms with Crippen LogP contribution in [0.25, 0.3) is 0 Å². The summed E-state index contributed by atoms with van der Waals surface area (Å²) in [6.07, 6.45) is 2.43. The van der Waals surface area contributed by atoms with Gasteiger partial charge < -0.3 is 9.47 Å². The van der Waals surface area contributed by atoms with Gasteiger partial charge in [-0.15, -0.1) is 10.2 Å². The van der Waals surface area contributed by atoms with Crippen LogP contribution in [0.4, 0.5) is 0 Å². The molecule has 0 radical (unpaired) electrons. The van der Waals surface area contributed by atoms with Crippen molar-refractivity contribution >= 4 is 17.7 Å². The third-order valence-electron chi connectivity index (χ3n) is 5.83. The average molecular weight is 400 g/mol. The zero-order valence-corrected chi connectivity index (χ0v) is 17.6. The molecule has 1 unspecified atom stereocenters. The smallest absolute Gasteiger partial charge is 0.233 e. The van der Waals surface area contributed by atoms with E-state index in [-0.39, 0.29) is 5.91 Å². The van der Waals surface area contributed by atoms with Crippen molar-refractivity contribution in [2.75, 3.05) is 31.9 Å². The molecule has 0 spiro atoms. The zero-order valence-electron chi connectivity index (χ0n) is 16.8. The monoisotopic (exact) mass is 399 g/mol. The van der Waals surface area contributed by atoms with E-state index in [0.717, 1.165) is 43.7 Å². The summed E-state index contributed by atoms with van der Waals surface area (Å²) < 4.78 is 2.18. The molecule has 0 N–H and O–H groups in total. The van der Waals surface area contributed by atoms with Gasteiger partial charge in [-0.05, 0) is 32.3 Å². The predicted octanol–water partition coefficient (Wildman–Crippen LogP) is 3.17. The number of benzene rings is 1. The molecule has 2 fully saturated rings. The Morgan fingerprint density at radius 1 is 1.14 bits per heavy atom. The normalized spacial score (nSPS) is 19.0. The predicted molar refractivity (Wildman–Crippen MR) is 111 cm³/mol. The number of aromatic nitrogens is 3. The van der Waals surface area contributed by atoms with Crippen LogP contribution in [0.3, 0.4) is 0 Å². The topological polar surface area (TPSA) is 54.3 Å². The van der Waals surface area contributed by atoms with Crippen LogP contribution in [0.5, 0.6) is 0 Å². The highest BCUT2D eigenvalue weighted by molar-refractivity contribution is 7.99. The van der Waals surface area contributed by atoms with Gasteiger partial charge in [0.15, 0.2) is 5.16 Å². The molecule has 28 heavy (non-hydrogen) atoms. The van der Waals surface area contributed by atoms with Crippen molar-refractivity contribution in [3.8, 4) is 0 Å². The molecule has 2 heterocycles. The molecule has 150 valence electrons. The van der Waals surface area contributed by atoms with E-state index in [4.69, 9.17) is 0 Å². The molecular weight excluding hydrogens is 370 g/mol. The molecule has 1 atom stereocenters. The molecule has 6 nitrogen and oxygen atoms in total. The Labute approximate surface area is 171 Å². The van der Waals surface area contributed by atoms with Crippen LogP contribution < -0.4 is 0 Å². The summed E-state index contributed by atoms with van der Waals surface area (Å²) in [6.45, 7) is 8.67. The second-order valence-electron chi connectivity index (χ2n) is 7.65. The maximum atomic E-state index is 12.7. The van der Waals surface area contributed by atoms with E-state index in [1.807, 2.05) is 4.90 Å². The van der Waals surface area contributed by atoms with Gasteiger partial charge in [0, 0.05) is 44.7 Å². The van der Waals surface area contributed by atoms with E-state index in [1.54, 1.807) is 0 Å². The largest absolute Gasteiger partial charge is 0.339 e. The lowest BCUT2D eigenvalue weighted by atomic mass is 10.1. The molecule has 1 aromatic carbocycles. The van der Waals surface area contributed by atoms with E-state index in [0.29, 0.717) is 17.7 Å². The van der Waals surface area contributed by atoms with Crippen LogP contribution in [0, 0.1) is 0 Å². The fraction of sp³-hybridized carbons (Fsp3) is 0.571. The number of piperazine rings is 1. The van der Waals surface area contributed by atoms with Crippen LogP contribution >= 0.6 is 11.8 Å². The minimum absolute atomic E-state index is 0.204. The lowest BCUT2D eigenvalue weighted by Gasteiger charge is -2.38. The third kappa shape index (κ3) is 4.25. The first kappa shape index (κ1) is 19.5. The number of hydrogen-bond donors (Lipinski definition) is 0. The van der Waals surface area contributed by atoms with Crippen LogP contribution in [-0.4, -0.2) is 62.4 Å². The van der Waals surface area contributed by atoms with E-state index >= 15 is 0 Å². The molecule has 1 aromatic heterocycles. The van der Waals surface area contributed by atoms with Crippen molar-refractivity contribution in [3.63, 3.8) is 0 Å². The molecule has 1 amide bonds. The first-order valence-corrected chi connectivity index (χ1v) is 11.3. The number of carbonyl (C=O) groups excluding carboxylic acids is 1. The summed E-state index contributed by atoms with van der Waals surface area (Å²) in [5.74, 6) is 2.32. The van der Waals surface area contributed by atoms with Gasteiger partial charge >= 0.3 is 0 Å². The average Bonchev–Trinajstić information content (AvgIpc) is 3.51. The SMILES string of the molecule is CCn1c(SCC(=O)N2CCN(C(C)c3ccccc3)CC2)nnc1C1CC1. The molecular formula is C21H29N5OS. The van der Waals surface area contributed by atoms with Crippen LogP contribution in [0.1, 0.15) is 50.0 Å². The molecule has 0 bridgehead atoms. The van der Waals surface area contributed by atoms with E-state index in [9.17, 15) is 4.79 Å². The van der Waals surface area contributed by atoms with Crippen LogP contribution in [-0.2, 0) is 11.3 Å². The highest BCUT2D eigenvalue weighted by Crippen LogP contribution is 2.40. The van der Waals surface area contributed by atoms with Crippen molar-refractivity contribution in [2.24, 2.45) is 0 Å². The molecule has 7 heteroatoms. The van der Waals surface area contributed by atoms with Gasteiger partial charge in [-0.3, -0.25) is 9.69 Å². The van der Waals surface area contributed by atoms with Crippen molar-refractivity contribution < 1.29 is 4.79 Å². The molecule has 4 rings (SSSR count). The summed E-state index contributed by atoms with van der Waals surface area (Å²) >= 11 is 1.53. The Balaban J connectivity index is 1.28. The van der Waals surface area contributed by atoms with Gasteiger partial charge in [0.25, 0.3) is 0 Å². The Hall–Kier alpha value is -1.86. The Morgan fingerprint density at radius 2 is 1.86 bits per heavy atom. The molecule has 2 aromatic rings. The minimum Gasteiger partial charge on any atom is -0.339 e. The summed E-state index contributed by atoms with van der Waals surface area (Å²) in [5, 5.41) is 9.57. The second kappa shape index (κ2) is 8.66. The van der Waals surface area contributed by atoms with E-state index < -0.39 is 0 Å². The van der Waals surface area contributed by atoms with Crippen LogP contribution in [0.2, 0.25) is 0 Å². The van der Waals surface area contributed by atoms with Crippen molar-refractivity contribution in [3.05, 3.63) is 41.7 Å². The highest BCUT2D eigenvalue weighted by atomic mass is 32.2. The fourth-order valence-electron chi connectivity index (χ4n) is 3.87. The number of rotatable bonds is 7. The van der Waals surface area contributed by atoms with Gasteiger partial charge in [0.1, 0.15) is 5.82 Å². The first-order chi connectivity index (χ1) is 13.7. The summed E-state index contributed by atoms with van der Waals surface area (Å²) in [6, 6.07) is 11.0. The summed E-state index contributed by atoms with van der Waals surface area (Å²) in [7, 11) is 0. The number of amides is 1. The van der Waals surface area contributed by atoms with Gasteiger partial charge in [0.2, 0.25) is 5.91 Å². The van der Waals surface area contributed by atoms with Gasteiger partial charge in [0.05, 0.1) is 5.75 Å². The van der Waals surface area contributed by atoms with Crippen molar-refractivity contribution in [1.82, 2.24) is 24.6 Å². The molecule has 1 aliphatic carbocycles. The summed E-state index contributed by atoms with van der Waals surface area (Å²) in [5.41, 5.74) is 1.34. The Kier molecular flexibility index (Phi) is 6.01. The maximum Gasteiger partial charge on any atom is 0.233 e. The number of carbonyl (C=O) groups is 1. The second-order valence-corrected chi connectivity index (χ2v) is 8.59. The third-order valence-corrected chi connectivity index (χ3v) is 6.78. The van der Waals surface area contributed by atoms with Crippen LogP contribution in [0.15, 0.2) is 35.5 Å². The first-order valence-electron chi connectivity index (χ1n) is 10.3. The fourth-order valence-corrected chi connectivity index (χ4v) is 4.78. The lowest BCUT2D eigenvalue weighted by Crippen LogP contribution is -2.49. The molecule has 1 saturated heterocycles. The minimum atomic E-state index is 0.204. The van der Waals surface area contributed by atoms with Crippen molar-refractivity contribution in [2.45, 2.75) is 50.4 Å². The Morgan fingerprint density at radius 3 is 2.50 bits per heavy atom. The number of nitrogens with zero attached hydrogens (tertiary/aromatic N) is 5.